The summed E-state index contributed by atoms with van der Waals surface area (Å²) in [4.78, 5) is 47.9. The fourth-order valence-electron chi connectivity index (χ4n) is 4.74. The van der Waals surface area contributed by atoms with Gasteiger partial charge in [0.05, 0.1) is 11.5 Å². The number of carbonyl (C=O) groups excluding carboxylic acids is 2. The first-order chi connectivity index (χ1) is 14.9. The first-order valence-electron chi connectivity index (χ1n) is 10.9. The average molecular weight is 424 g/mol. The molecule has 4 rings (SSSR count). The number of hydrogen-bond acceptors (Lipinski definition) is 5. The lowest BCUT2D eigenvalue weighted by Gasteiger charge is -2.35. The van der Waals surface area contributed by atoms with Gasteiger partial charge in [0.1, 0.15) is 5.82 Å². The Kier molecular flexibility index (Phi) is 5.80. The third kappa shape index (κ3) is 4.33. The SMILES string of the molecule is CCc1ccccc1NC(=O)[C@H]1CC(=O)Nc2nc(N3C[C@H](C)C[C@H](C)C3)[nH]c(=O)c21. The molecule has 8 heteroatoms. The zero-order valence-electron chi connectivity index (χ0n) is 18.2. The Bertz CT molecular complexity index is 1050. The summed E-state index contributed by atoms with van der Waals surface area (Å²) in [7, 11) is 0. The van der Waals surface area contributed by atoms with Crippen LogP contribution in [0.1, 0.15) is 50.7 Å². The highest BCUT2D eigenvalue weighted by Gasteiger charge is 2.35. The predicted octanol–water partition coefficient (Wildman–Crippen LogP) is 2.88. The van der Waals surface area contributed by atoms with E-state index in [1.165, 1.54) is 0 Å². The smallest absolute Gasteiger partial charge is 0.258 e. The van der Waals surface area contributed by atoms with Crippen LogP contribution in [0.2, 0.25) is 0 Å². The summed E-state index contributed by atoms with van der Waals surface area (Å²) in [5.74, 6) is 0.00889. The number of amides is 2. The van der Waals surface area contributed by atoms with Crippen molar-refractivity contribution in [3.05, 3.63) is 45.7 Å². The summed E-state index contributed by atoms with van der Waals surface area (Å²) in [6.07, 6.45) is 1.80. The average Bonchev–Trinajstić information content (AvgIpc) is 2.72. The fraction of sp³-hybridized carbons (Fsp3) is 0.478. The number of hydrogen-bond donors (Lipinski definition) is 3. The number of nitrogens with zero attached hydrogens (tertiary/aromatic N) is 2. The second-order valence-corrected chi connectivity index (χ2v) is 8.81. The van der Waals surface area contributed by atoms with Gasteiger partial charge >= 0.3 is 0 Å². The van der Waals surface area contributed by atoms with E-state index in [0.717, 1.165) is 31.5 Å². The molecule has 1 aromatic heterocycles. The van der Waals surface area contributed by atoms with Crippen LogP contribution < -0.4 is 21.1 Å². The number of rotatable bonds is 4. The van der Waals surface area contributed by atoms with E-state index in [-0.39, 0.29) is 35.2 Å². The molecule has 1 aromatic carbocycles. The summed E-state index contributed by atoms with van der Waals surface area (Å²) in [5.41, 5.74) is 1.52. The molecule has 3 N–H and O–H groups in total. The van der Waals surface area contributed by atoms with E-state index >= 15 is 0 Å². The summed E-state index contributed by atoms with van der Waals surface area (Å²) >= 11 is 0. The van der Waals surface area contributed by atoms with Crippen LogP contribution in [-0.4, -0.2) is 34.9 Å². The Morgan fingerprint density at radius 2 is 1.90 bits per heavy atom. The van der Waals surface area contributed by atoms with Gasteiger partial charge in [-0.25, -0.2) is 0 Å². The van der Waals surface area contributed by atoms with Gasteiger partial charge in [0.15, 0.2) is 0 Å². The van der Waals surface area contributed by atoms with E-state index in [9.17, 15) is 14.4 Å². The number of carbonyl (C=O) groups is 2. The minimum Gasteiger partial charge on any atom is -0.342 e. The molecule has 164 valence electrons. The van der Waals surface area contributed by atoms with Crippen LogP contribution in [0.15, 0.2) is 29.1 Å². The van der Waals surface area contributed by atoms with E-state index in [4.69, 9.17) is 0 Å². The molecule has 8 nitrogen and oxygen atoms in total. The molecule has 0 bridgehead atoms. The second kappa shape index (κ2) is 8.53. The van der Waals surface area contributed by atoms with Crippen molar-refractivity contribution in [2.75, 3.05) is 28.6 Å². The van der Waals surface area contributed by atoms with Crippen LogP contribution in [0.4, 0.5) is 17.5 Å². The third-order valence-electron chi connectivity index (χ3n) is 6.08. The highest BCUT2D eigenvalue weighted by Crippen LogP contribution is 2.32. The van der Waals surface area contributed by atoms with Crippen LogP contribution in [0.3, 0.4) is 0 Å². The van der Waals surface area contributed by atoms with Gasteiger partial charge in [0.2, 0.25) is 17.8 Å². The zero-order valence-corrected chi connectivity index (χ0v) is 18.2. The lowest BCUT2D eigenvalue weighted by Crippen LogP contribution is -2.42. The number of anilines is 3. The second-order valence-electron chi connectivity index (χ2n) is 8.81. The van der Waals surface area contributed by atoms with Crippen molar-refractivity contribution >= 4 is 29.3 Å². The molecule has 1 fully saturated rings. The summed E-state index contributed by atoms with van der Waals surface area (Å²) in [6.45, 7) is 7.94. The Morgan fingerprint density at radius 1 is 1.19 bits per heavy atom. The van der Waals surface area contributed by atoms with E-state index in [0.29, 0.717) is 23.5 Å². The molecule has 1 saturated heterocycles. The van der Waals surface area contributed by atoms with Gasteiger partial charge in [-0.15, -0.1) is 0 Å². The first kappa shape index (κ1) is 21.1. The minimum absolute atomic E-state index is 0.0883. The molecule has 0 unspecified atom stereocenters. The van der Waals surface area contributed by atoms with E-state index in [1.807, 2.05) is 36.1 Å². The van der Waals surface area contributed by atoms with Crippen LogP contribution in [-0.2, 0) is 16.0 Å². The van der Waals surface area contributed by atoms with Crippen molar-refractivity contribution in [3.63, 3.8) is 0 Å². The van der Waals surface area contributed by atoms with Crippen molar-refractivity contribution < 1.29 is 9.59 Å². The molecular weight excluding hydrogens is 394 g/mol. The van der Waals surface area contributed by atoms with E-state index < -0.39 is 5.92 Å². The number of H-pyrrole nitrogens is 1. The fourth-order valence-corrected chi connectivity index (χ4v) is 4.74. The monoisotopic (exact) mass is 423 g/mol. The molecule has 0 spiro atoms. The Hall–Kier alpha value is -3.16. The van der Waals surface area contributed by atoms with Crippen LogP contribution in [0, 0.1) is 11.8 Å². The van der Waals surface area contributed by atoms with E-state index in [2.05, 4.69) is 34.4 Å². The summed E-state index contributed by atoms with van der Waals surface area (Å²) in [6, 6.07) is 7.52. The molecule has 3 heterocycles. The molecule has 2 aliphatic rings. The Labute approximate surface area is 181 Å². The van der Waals surface area contributed by atoms with Gasteiger partial charge in [-0.2, -0.15) is 4.98 Å². The number of aryl methyl sites for hydroxylation is 1. The quantitative estimate of drug-likeness (QED) is 0.701. The van der Waals surface area contributed by atoms with Gasteiger partial charge in [-0.05, 0) is 36.3 Å². The number of benzene rings is 1. The number of fused-ring (bicyclic) bond motifs is 1. The molecule has 2 aromatic rings. The largest absolute Gasteiger partial charge is 0.342 e. The maximum atomic E-state index is 13.1. The highest BCUT2D eigenvalue weighted by molar-refractivity contribution is 6.04. The topological polar surface area (TPSA) is 107 Å². The Balaban J connectivity index is 1.65. The minimum atomic E-state index is -0.891. The molecule has 3 atom stereocenters. The molecule has 2 aliphatic heterocycles. The van der Waals surface area contributed by atoms with E-state index in [1.54, 1.807) is 0 Å². The molecule has 0 aliphatic carbocycles. The number of aromatic amines is 1. The molecule has 0 radical (unpaired) electrons. The zero-order chi connectivity index (χ0) is 22.1. The maximum absolute atomic E-state index is 13.1. The van der Waals surface area contributed by atoms with Gasteiger partial charge in [0, 0.05) is 25.2 Å². The van der Waals surface area contributed by atoms with Crippen LogP contribution in [0.5, 0.6) is 0 Å². The van der Waals surface area contributed by atoms with Crippen LogP contribution >= 0.6 is 0 Å². The van der Waals surface area contributed by atoms with Crippen molar-refractivity contribution in [3.8, 4) is 0 Å². The number of para-hydroxylation sites is 1. The number of nitrogens with one attached hydrogen (secondary N) is 3. The number of piperidine rings is 1. The summed E-state index contributed by atoms with van der Waals surface area (Å²) in [5, 5.41) is 5.60. The lowest BCUT2D eigenvalue weighted by atomic mass is 9.91. The first-order valence-corrected chi connectivity index (χ1v) is 10.9. The van der Waals surface area contributed by atoms with Gasteiger partial charge < -0.3 is 15.5 Å². The molecule has 2 amide bonds. The van der Waals surface area contributed by atoms with Crippen LogP contribution in [0.25, 0.3) is 0 Å². The molecular formula is C23H29N5O3. The summed E-state index contributed by atoms with van der Waals surface area (Å²) < 4.78 is 0. The Morgan fingerprint density at radius 3 is 2.61 bits per heavy atom. The molecule has 31 heavy (non-hydrogen) atoms. The molecule has 0 saturated carbocycles. The van der Waals surface area contributed by atoms with Crippen molar-refractivity contribution in [1.82, 2.24) is 9.97 Å². The van der Waals surface area contributed by atoms with Crippen molar-refractivity contribution in [2.24, 2.45) is 11.8 Å². The highest BCUT2D eigenvalue weighted by atomic mass is 16.2. The van der Waals surface area contributed by atoms with Gasteiger partial charge in [-0.1, -0.05) is 39.0 Å². The third-order valence-corrected chi connectivity index (χ3v) is 6.08. The van der Waals surface area contributed by atoms with Gasteiger partial charge in [-0.3, -0.25) is 19.4 Å². The maximum Gasteiger partial charge on any atom is 0.258 e. The van der Waals surface area contributed by atoms with Gasteiger partial charge in [0.25, 0.3) is 5.56 Å². The normalized spacial score (nSPS) is 23.1. The predicted molar refractivity (Wildman–Crippen MR) is 120 cm³/mol. The number of aromatic nitrogens is 2. The van der Waals surface area contributed by atoms with Crippen molar-refractivity contribution in [1.29, 1.82) is 0 Å². The lowest BCUT2D eigenvalue weighted by molar-refractivity contribution is -0.123. The standard InChI is InChI=1S/C23H29N5O3/c1-4-15-7-5-6-8-17(15)24-21(30)16-10-18(29)25-20-19(16)22(31)27-23(26-20)28-11-13(2)9-14(3)12-28/h5-8,13-14,16H,4,9-12H2,1-3H3,(H,24,30)(H2,25,26,27,29,31)/t13-,14+,16-/m0/s1. The van der Waals surface area contributed by atoms with Crippen molar-refractivity contribution in [2.45, 2.75) is 46.0 Å².